The zero-order valence-electron chi connectivity index (χ0n) is 48.0. The van der Waals surface area contributed by atoms with Crippen molar-refractivity contribution >= 4 is 11.9 Å². The Kier molecular flexibility index (Phi) is 59.5. The predicted molar refractivity (Wildman–Crippen MR) is 310 cm³/mol. The molecule has 0 fully saturated rings. The van der Waals surface area contributed by atoms with Crippen molar-refractivity contribution in [3.05, 3.63) is 24.3 Å². The fraction of sp³-hybridized carbons (Fsp3) is 0.908. The number of hydrogen-bond donors (Lipinski definition) is 3. The fourth-order valence-electron chi connectivity index (χ4n) is 10.0. The molecule has 2 atom stereocenters. The molecule has 0 aliphatic heterocycles. The highest BCUT2D eigenvalue weighted by Gasteiger charge is 2.20. The third kappa shape index (κ3) is 57.5. The number of allylic oxidation sites excluding steroid dienone is 4. The Labute approximate surface area is 443 Å². The van der Waals surface area contributed by atoms with E-state index in [1.807, 2.05) is 0 Å². The first kappa shape index (κ1) is 69.3. The van der Waals surface area contributed by atoms with E-state index >= 15 is 0 Å². The Balaban J connectivity index is 3.37. The molecule has 0 radical (unpaired) electrons. The van der Waals surface area contributed by atoms with Gasteiger partial charge < -0.3 is 20.3 Å². The number of esters is 1. The highest BCUT2D eigenvalue weighted by atomic mass is 16.5. The van der Waals surface area contributed by atoms with Crippen LogP contribution in [-0.2, 0) is 14.3 Å². The van der Waals surface area contributed by atoms with Crippen LogP contribution in [0.1, 0.15) is 354 Å². The number of carbonyl (C=O) groups is 2. The number of nitrogens with one attached hydrogen (secondary N) is 1. The smallest absolute Gasteiger partial charge is 0.305 e. The maximum Gasteiger partial charge on any atom is 0.305 e. The van der Waals surface area contributed by atoms with Crippen LogP contribution in [-0.4, -0.2) is 47.4 Å². The van der Waals surface area contributed by atoms with Gasteiger partial charge in [-0.2, -0.15) is 0 Å². The number of ether oxygens (including phenoxy) is 1. The van der Waals surface area contributed by atoms with Gasteiger partial charge in [-0.05, 0) is 77.0 Å². The number of unbranched alkanes of at least 4 members (excludes halogenated alkanes) is 45. The predicted octanol–water partition coefficient (Wildman–Crippen LogP) is 20.2. The van der Waals surface area contributed by atoms with Crippen molar-refractivity contribution in [1.29, 1.82) is 0 Å². The van der Waals surface area contributed by atoms with Crippen molar-refractivity contribution in [2.75, 3.05) is 13.2 Å². The van der Waals surface area contributed by atoms with Crippen molar-refractivity contribution < 1.29 is 24.5 Å². The lowest BCUT2D eigenvalue weighted by Gasteiger charge is -2.22. The van der Waals surface area contributed by atoms with Crippen molar-refractivity contribution in [3.8, 4) is 0 Å². The van der Waals surface area contributed by atoms with E-state index in [2.05, 4.69) is 43.5 Å². The summed E-state index contributed by atoms with van der Waals surface area (Å²) in [5.41, 5.74) is 0. The summed E-state index contributed by atoms with van der Waals surface area (Å²) in [4.78, 5) is 24.5. The number of aliphatic hydroxyl groups is 2. The van der Waals surface area contributed by atoms with Crippen LogP contribution in [0.15, 0.2) is 24.3 Å². The lowest BCUT2D eigenvalue weighted by Crippen LogP contribution is -2.45. The Morgan fingerprint density at radius 1 is 0.380 bits per heavy atom. The Bertz CT molecular complexity index is 1110. The zero-order chi connectivity index (χ0) is 51.4. The van der Waals surface area contributed by atoms with Crippen molar-refractivity contribution in [3.63, 3.8) is 0 Å². The number of rotatable bonds is 60. The lowest BCUT2D eigenvalue weighted by molar-refractivity contribution is -0.143. The number of hydrogen-bond acceptors (Lipinski definition) is 5. The fourth-order valence-corrected chi connectivity index (χ4v) is 10.0. The molecule has 0 aliphatic rings. The number of carbonyl (C=O) groups excluding carboxylic acids is 2. The maximum atomic E-state index is 12.5. The largest absolute Gasteiger partial charge is 0.466 e. The normalized spacial score (nSPS) is 12.7. The molecule has 0 saturated heterocycles. The van der Waals surface area contributed by atoms with E-state index in [1.54, 1.807) is 0 Å². The molecule has 2 unspecified atom stereocenters. The molecule has 0 aromatic carbocycles. The van der Waals surface area contributed by atoms with Gasteiger partial charge in [0.15, 0.2) is 0 Å². The molecule has 0 spiro atoms. The molecular weight excluding hydrogens is 875 g/mol. The van der Waals surface area contributed by atoms with Crippen LogP contribution in [0.25, 0.3) is 0 Å². The summed E-state index contributed by atoms with van der Waals surface area (Å²) in [6.45, 7) is 4.96. The van der Waals surface area contributed by atoms with Crippen molar-refractivity contribution in [1.82, 2.24) is 5.32 Å². The molecule has 0 bridgehead atoms. The highest BCUT2D eigenvalue weighted by Crippen LogP contribution is 2.18. The Hall–Kier alpha value is -1.66. The summed E-state index contributed by atoms with van der Waals surface area (Å²) in [5.74, 6) is -0.0268. The van der Waals surface area contributed by atoms with Crippen LogP contribution in [0, 0.1) is 0 Å². The van der Waals surface area contributed by atoms with E-state index in [1.165, 1.54) is 276 Å². The van der Waals surface area contributed by atoms with Gasteiger partial charge in [-0.15, -0.1) is 0 Å². The number of aliphatic hydroxyl groups excluding tert-OH is 2. The molecule has 3 N–H and O–H groups in total. The molecule has 0 aliphatic carbocycles. The highest BCUT2D eigenvalue weighted by molar-refractivity contribution is 5.76. The van der Waals surface area contributed by atoms with Gasteiger partial charge in [0.05, 0.1) is 25.4 Å². The van der Waals surface area contributed by atoms with E-state index in [4.69, 9.17) is 4.74 Å². The molecule has 0 rings (SSSR count). The van der Waals surface area contributed by atoms with Crippen LogP contribution < -0.4 is 5.32 Å². The molecule has 71 heavy (non-hydrogen) atoms. The quantitative estimate of drug-likeness (QED) is 0.0320. The minimum Gasteiger partial charge on any atom is -0.466 e. The second-order valence-corrected chi connectivity index (χ2v) is 22.1. The molecule has 0 aromatic rings. The molecule has 0 heterocycles. The van der Waals surface area contributed by atoms with Crippen LogP contribution in [0.5, 0.6) is 0 Å². The average Bonchev–Trinajstić information content (AvgIpc) is 3.37. The van der Waals surface area contributed by atoms with Gasteiger partial charge in [-0.25, -0.2) is 0 Å². The Morgan fingerprint density at radius 2 is 0.662 bits per heavy atom. The first-order chi connectivity index (χ1) is 35.0. The van der Waals surface area contributed by atoms with Gasteiger partial charge in [0.1, 0.15) is 0 Å². The van der Waals surface area contributed by atoms with Crippen LogP contribution in [0.4, 0.5) is 0 Å². The van der Waals surface area contributed by atoms with Crippen molar-refractivity contribution in [2.45, 2.75) is 366 Å². The first-order valence-electron chi connectivity index (χ1n) is 32.1. The summed E-state index contributed by atoms with van der Waals surface area (Å²) >= 11 is 0. The van der Waals surface area contributed by atoms with Crippen molar-refractivity contribution in [2.24, 2.45) is 0 Å². The molecule has 6 heteroatoms. The molecule has 0 aromatic heterocycles. The average molecular weight is 1000 g/mol. The van der Waals surface area contributed by atoms with Gasteiger partial charge in [0.25, 0.3) is 0 Å². The second-order valence-electron chi connectivity index (χ2n) is 22.1. The van der Waals surface area contributed by atoms with E-state index < -0.39 is 12.1 Å². The van der Waals surface area contributed by atoms with Gasteiger partial charge >= 0.3 is 5.97 Å². The third-order valence-corrected chi connectivity index (χ3v) is 15.0. The summed E-state index contributed by atoms with van der Waals surface area (Å²) in [6.07, 6.45) is 74.9. The first-order valence-corrected chi connectivity index (χ1v) is 32.1. The van der Waals surface area contributed by atoms with Gasteiger partial charge in [-0.3, -0.25) is 9.59 Å². The maximum absolute atomic E-state index is 12.5. The second kappa shape index (κ2) is 60.9. The minimum absolute atomic E-state index is 0.0105. The van der Waals surface area contributed by atoms with Gasteiger partial charge in [0, 0.05) is 12.8 Å². The minimum atomic E-state index is -0.665. The van der Waals surface area contributed by atoms with Crippen LogP contribution in [0.2, 0.25) is 0 Å². The molecule has 0 saturated carbocycles. The van der Waals surface area contributed by atoms with E-state index in [0.29, 0.717) is 25.9 Å². The summed E-state index contributed by atoms with van der Waals surface area (Å²) < 4.78 is 5.49. The SMILES string of the molecule is CCCCCCCC/C=C\CCCCCCCCCC(=O)OCCCCCCCCCCCCCC/C=C\CCCCCCCCCCCC(=O)NC(CO)C(O)CCCCCCCCCCCCCC. The molecule has 6 nitrogen and oxygen atoms in total. The molecule has 420 valence electrons. The van der Waals surface area contributed by atoms with E-state index in [-0.39, 0.29) is 18.5 Å². The van der Waals surface area contributed by atoms with Crippen LogP contribution >= 0.6 is 0 Å². The number of amides is 1. The monoisotopic (exact) mass is 1000 g/mol. The summed E-state index contributed by atoms with van der Waals surface area (Å²) in [6, 6.07) is -0.542. The zero-order valence-corrected chi connectivity index (χ0v) is 48.0. The van der Waals surface area contributed by atoms with Crippen LogP contribution in [0.3, 0.4) is 0 Å². The van der Waals surface area contributed by atoms with E-state index in [0.717, 1.165) is 44.9 Å². The van der Waals surface area contributed by atoms with E-state index in [9.17, 15) is 19.8 Å². The van der Waals surface area contributed by atoms with Gasteiger partial charge in [-0.1, -0.05) is 289 Å². The molecule has 1 amide bonds. The Morgan fingerprint density at radius 3 is 1.00 bits per heavy atom. The van der Waals surface area contributed by atoms with Gasteiger partial charge in [0.2, 0.25) is 5.91 Å². The topological polar surface area (TPSA) is 95.9 Å². The molecular formula is C65H125NO5. The third-order valence-electron chi connectivity index (χ3n) is 15.0. The standard InChI is InChI=1S/C65H125NO5/c1-3-5-7-9-11-13-15-17-18-28-32-35-39-43-47-51-55-59-65(70)71-60-56-52-48-44-40-36-33-30-27-25-23-21-19-20-22-24-26-29-31-34-38-42-46-50-54-58-64(69)66-62(61-67)63(68)57-53-49-45-41-37-16-14-12-10-8-6-4-2/h17-18,20,22,62-63,67-68H,3-16,19,21,23-61H2,1-2H3,(H,66,69)/b18-17-,22-20-. The summed E-state index contributed by atoms with van der Waals surface area (Å²) in [5, 5.41) is 23.2. The summed E-state index contributed by atoms with van der Waals surface area (Å²) in [7, 11) is 0. The lowest BCUT2D eigenvalue weighted by atomic mass is 10.0.